The Morgan fingerprint density at radius 1 is 1.55 bits per heavy atom. The van der Waals surface area contributed by atoms with Gasteiger partial charge in [0.05, 0.1) is 11.4 Å². The van der Waals surface area contributed by atoms with Gasteiger partial charge in [0, 0.05) is 23.6 Å². The van der Waals surface area contributed by atoms with E-state index in [4.69, 9.17) is 5.11 Å². The summed E-state index contributed by atoms with van der Waals surface area (Å²) < 4.78 is 27.5. The zero-order chi connectivity index (χ0) is 14.7. The number of carboxylic acid groups (broad SMARTS) is 1. The van der Waals surface area contributed by atoms with Gasteiger partial charge in [0.2, 0.25) is 0 Å². The van der Waals surface area contributed by atoms with Crippen LogP contribution in [-0.2, 0) is 0 Å². The highest BCUT2D eigenvalue weighted by Crippen LogP contribution is 2.57. The Balaban J connectivity index is 2.30. The highest BCUT2D eigenvalue weighted by molar-refractivity contribution is 6.03. The fourth-order valence-corrected chi connectivity index (χ4v) is 2.72. The smallest absolute Gasteiger partial charge is 0.416 e. The van der Waals surface area contributed by atoms with Gasteiger partial charge in [-0.2, -0.15) is 0 Å². The predicted molar refractivity (Wildman–Crippen MR) is 67.8 cm³/mol. The van der Waals surface area contributed by atoms with Crippen LogP contribution in [-0.4, -0.2) is 28.0 Å². The number of carbonyl (C=O) groups excluding carboxylic acids is 1. The fraction of sp³-hybridized carbons (Fsp3) is 0.286. The van der Waals surface area contributed by atoms with Crippen LogP contribution in [0, 0.1) is 6.92 Å². The number of benzene rings is 1. The third-order valence-corrected chi connectivity index (χ3v) is 3.76. The Hall–Kier alpha value is -2.24. The number of aromatic nitrogens is 1. The highest BCUT2D eigenvalue weighted by Gasteiger charge is 2.58. The van der Waals surface area contributed by atoms with Gasteiger partial charge in [-0.15, -0.1) is 0 Å². The first-order valence-corrected chi connectivity index (χ1v) is 6.07. The monoisotopic (exact) mass is 279 g/mol. The normalized spacial score (nSPS) is 20.1. The molecule has 1 aromatic carbocycles. The molecule has 0 saturated heterocycles. The van der Waals surface area contributed by atoms with Crippen LogP contribution in [0.2, 0.25) is 0 Å². The van der Waals surface area contributed by atoms with Crippen LogP contribution in [0.5, 0.6) is 0 Å². The summed E-state index contributed by atoms with van der Waals surface area (Å²) in [6, 6.07) is 2.97. The van der Waals surface area contributed by atoms with Gasteiger partial charge in [-0.05, 0) is 24.1 Å². The molecular formula is C14H11F2NO3. The first-order valence-electron chi connectivity index (χ1n) is 6.07. The molecule has 1 heterocycles. The minimum Gasteiger partial charge on any atom is -0.464 e. The third kappa shape index (κ3) is 1.64. The molecule has 0 spiro atoms. The van der Waals surface area contributed by atoms with E-state index in [-0.39, 0.29) is 12.0 Å². The molecule has 0 aliphatic heterocycles. The van der Waals surface area contributed by atoms with Crippen molar-refractivity contribution in [2.75, 3.05) is 0 Å². The Labute approximate surface area is 112 Å². The lowest BCUT2D eigenvalue weighted by molar-refractivity contribution is 0.110. The third-order valence-electron chi connectivity index (χ3n) is 3.76. The minimum atomic E-state index is -2.77. The number of aldehydes is 1. The maximum Gasteiger partial charge on any atom is 0.416 e. The maximum atomic E-state index is 13.2. The molecule has 3 rings (SSSR count). The van der Waals surface area contributed by atoms with E-state index in [1.54, 1.807) is 6.92 Å². The summed E-state index contributed by atoms with van der Waals surface area (Å²) in [4.78, 5) is 22.4. The molecule has 1 aromatic heterocycles. The van der Waals surface area contributed by atoms with Gasteiger partial charge in [0.25, 0.3) is 5.92 Å². The minimum absolute atomic E-state index is 0.160. The zero-order valence-corrected chi connectivity index (χ0v) is 10.6. The standard InChI is InChI=1S/C14H11F2NO3/c1-7-4-9(11-5-14(11,15)16)10(6-18)8-2-3-17(12(7)8)13(19)20/h2-4,6,11H,5H2,1H3,(H,19,20)/t11-/m0/s1. The van der Waals surface area contributed by atoms with Crippen molar-refractivity contribution in [1.82, 2.24) is 4.57 Å². The quantitative estimate of drug-likeness (QED) is 0.857. The zero-order valence-electron chi connectivity index (χ0n) is 10.6. The number of aryl methyl sites for hydroxylation is 1. The molecule has 6 heteroatoms. The Morgan fingerprint density at radius 3 is 2.70 bits per heavy atom. The van der Waals surface area contributed by atoms with Gasteiger partial charge >= 0.3 is 6.09 Å². The summed E-state index contributed by atoms with van der Waals surface area (Å²) in [5.74, 6) is -3.72. The second kappa shape index (κ2) is 3.88. The molecule has 4 nitrogen and oxygen atoms in total. The largest absolute Gasteiger partial charge is 0.464 e. The number of halogens is 2. The van der Waals surface area contributed by atoms with Gasteiger partial charge in [0.1, 0.15) is 0 Å². The first-order chi connectivity index (χ1) is 9.36. The van der Waals surface area contributed by atoms with Crippen LogP contribution in [0.4, 0.5) is 13.6 Å². The van der Waals surface area contributed by atoms with Crippen molar-refractivity contribution < 1.29 is 23.5 Å². The Kier molecular flexibility index (Phi) is 2.48. The van der Waals surface area contributed by atoms with E-state index in [0.717, 1.165) is 4.57 Å². The average molecular weight is 279 g/mol. The summed E-state index contributed by atoms with van der Waals surface area (Å²) in [6.45, 7) is 1.65. The lowest BCUT2D eigenvalue weighted by Crippen LogP contribution is -2.07. The van der Waals surface area contributed by atoms with Crippen molar-refractivity contribution in [3.8, 4) is 0 Å². The Bertz CT molecular complexity index is 748. The number of fused-ring (bicyclic) bond motifs is 1. The van der Waals surface area contributed by atoms with Gasteiger partial charge < -0.3 is 5.11 Å². The van der Waals surface area contributed by atoms with Crippen molar-refractivity contribution in [1.29, 1.82) is 0 Å². The molecule has 1 aliphatic carbocycles. The summed E-state index contributed by atoms with van der Waals surface area (Å²) in [5, 5.41) is 9.49. The van der Waals surface area contributed by atoms with Gasteiger partial charge in [-0.1, -0.05) is 6.07 Å². The van der Waals surface area contributed by atoms with Crippen LogP contribution < -0.4 is 0 Å². The van der Waals surface area contributed by atoms with E-state index < -0.39 is 17.9 Å². The van der Waals surface area contributed by atoms with Crippen LogP contribution in [0.1, 0.15) is 33.8 Å². The van der Waals surface area contributed by atoms with E-state index in [0.29, 0.717) is 28.3 Å². The van der Waals surface area contributed by atoms with Crippen LogP contribution >= 0.6 is 0 Å². The SMILES string of the molecule is Cc1cc([C@@H]2CC2(F)F)c(C=O)c2ccn(C(=O)O)c12. The summed E-state index contributed by atoms with van der Waals surface area (Å²) >= 11 is 0. The molecule has 104 valence electrons. The molecule has 2 aromatic rings. The number of alkyl halides is 2. The molecule has 1 saturated carbocycles. The van der Waals surface area contributed by atoms with Crippen molar-refractivity contribution >= 4 is 23.3 Å². The van der Waals surface area contributed by atoms with Crippen LogP contribution in [0.25, 0.3) is 10.9 Å². The molecule has 1 aliphatic rings. The van der Waals surface area contributed by atoms with Gasteiger partial charge in [-0.25, -0.2) is 13.6 Å². The number of carbonyl (C=O) groups is 2. The molecule has 0 radical (unpaired) electrons. The van der Waals surface area contributed by atoms with E-state index in [2.05, 4.69) is 0 Å². The second-order valence-corrected chi connectivity index (χ2v) is 5.06. The summed E-state index contributed by atoms with van der Waals surface area (Å²) in [6.07, 6.45) is 0.405. The van der Waals surface area contributed by atoms with Crippen molar-refractivity contribution in [3.05, 3.63) is 35.0 Å². The molecule has 0 amide bonds. The van der Waals surface area contributed by atoms with E-state index in [1.807, 2.05) is 0 Å². The maximum absolute atomic E-state index is 13.2. The molecule has 0 unspecified atom stereocenters. The van der Waals surface area contributed by atoms with Crippen molar-refractivity contribution in [3.63, 3.8) is 0 Å². The summed E-state index contributed by atoms with van der Waals surface area (Å²) in [5.41, 5.74) is 1.40. The number of rotatable bonds is 2. The molecular weight excluding hydrogens is 268 g/mol. The van der Waals surface area contributed by atoms with Crippen LogP contribution in [0.3, 0.4) is 0 Å². The van der Waals surface area contributed by atoms with Gasteiger partial charge in [-0.3, -0.25) is 9.36 Å². The average Bonchev–Trinajstić information content (AvgIpc) is 2.83. The number of hydrogen-bond acceptors (Lipinski definition) is 2. The topological polar surface area (TPSA) is 59.3 Å². The van der Waals surface area contributed by atoms with E-state index >= 15 is 0 Å². The molecule has 1 fully saturated rings. The van der Waals surface area contributed by atoms with E-state index in [1.165, 1.54) is 18.3 Å². The fourth-order valence-electron chi connectivity index (χ4n) is 2.72. The number of nitrogens with zero attached hydrogens (tertiary/aromatic N) is 1. The van der Waals surface area contributed by atoms with Crippen LogP contribution in [0.15, 0.2) is 18.3 Å². The van der Waals surface area contributed by atoms with E-state index in [9.17, 15) is 18.4 Å². The van der Waals surface area contributed by atoms with Crippen molar-refractivity contribution in [2.24, 2.45) is 0 Å². The molecule has 20 heavy (non-hydrogen) atoms. The molecule has 1 atom stereocenters. The lowest BCUT2D eigenvalue weighted by Gasteiger charge is -2.10. The number of hydrogen-bond donors (Lipinski definition) is 1. The molecule has 1 N–H and O–H groups in total. The lowest BCUT2D eigenvalue weighted by atomic mass is 9.97. The molecule has 0 bridgehead atoms. The Morgan fingerprint density at radius 2 is 2.20 bits per heavy atom. The first kappa shape index (κ1) is 12.8. The highest BCUT2D eigenvalue weighted by atomic mass is 19.3. The summed E-state index contributed by atoms with van der Waals surface area (Å²) in [7, 11) is 0. The predicted octanol–water partition coefficient (Wildman–Crippen LogP) is 3.41. The second-order valence-electron chi connectivity index (χ2n) is 5.06. The van der Waals surface area contributed by atoms with Gasteiger partial charge in [0.15, 0.2) is 6.29 Å². The van der Waals surface area contributed by atoms with Crippen molar-refractivity contribution in [2.45, 2.75) is 25.2 Å².